The summed E-state index contributed by atoms with van der Waals surface area (Å²) in [5.41, 5.74) is 5.19. The van der Waals surface area contributed by atoms with Crippen LogP contribution in [0.2, 0.25) is 0 Å². The number of alkyl carbamates (subject to hydrolysis) is 1. The number of nitrogens with one attached hydrogen (secondary N) is 3. The summed E-state index contributed by atoms with van der Waals surface area (Å²) >= 11 is 0. The molecule has 4 aromatic carbocycles. The zero-order valence-corrected chi connectivity index (χ0v) is 34.1. The number of imidazole rings is 2. The van der Waals surface area contributed by atoms with Gasteiger partial charge in [-0.2, -0.15) is 0 Å². The smallest absolute Gasteiger partial charge is 0.411 e. The lowest BCUT2D eigenvalue weighted by Gasteiger charge is -2.30. The van der Waals surface area contributed by atoms with Gasteiger partial charge in [0.15, 0.2) is 0 Å². The van der Waals surface area contributed by atoms with Crippen molar-refractivity contribution in [3.05, 3.63) is 72.3 Å². The number of hydrogen-bond acceptors (Lipinski definition) is 8. The summed E-state index contributed by atoms with van der Waals surface area (Å²) in [6.45, 7) is 10.5. The molecule has 13 heteroatoms. The molecule has 6 atom stereocenters. The molecule has 3 amide bonds. The highest BCUT2D eigenvalue weighted by Crippen LogP contribution is 2.53. The molecule has 13 nitrogen and oxygen atoms in total. The summed E-state index contributed by atoms with van der Waals surface area (Å²) in [7, 11) is 2.97. The Morgan fingerprint density at radius 3 is 1.98 bits per heavy atom. The van der Waals surface area contributed by atoms with E-state index in [1.165, 1.54) is 7.11 Å². The predicted octanol–water partition coefficient (Wildman–Crippen LogP) is 8.40. The molecule has 2 aromatic heterocycles. The van der Waals surface area contributed by atoms with Crippen LogP contribution in [0.1, 0.15) is 77.6 Å². The number of likely N-dealkylation sites (tertiary alicyclic amines) is 2. The van der Waals surface area contributed by atoms with Crippen molar-refractivity contribution in [1.82, 2.24) is 35.1 Å². The number of amides is 3. The predicted molar refractivity (Wildman–Crippen MR) is 222 cm³/mol. The molecule has 6 aromatic rings. The van der Waals surface area contributed by atoms with E-state index in [1.807, 2.05) is 50.5 Å². The van der Waals surface area contributed by atoms with E-state index in [4.69, 9.17) is 24.2 Å². The number of aromatic amines is 2. The molecule has 3 N–H and O–H groups in total. The van der Waals surface area contributed by atoms with Gasteiger partial charge in [-0.15, -0.1) is 0 Å². The number of carbonyl (C=O) groups is 3. The molecule has 302 valence electrons. The van der Waals surface area contributed by atoms with E-state index in [2.05, 4.69) is 69.9 Å². The summed E-state index contributed by atoms with van der Waals surface area (Å²) in [5.74, 6) is 1.83. The van der Waals surface area contributed by atoms with E-state index in [1.54, 1.807) is 7.11 Å². The van der Waals surface area contributed by atoms with Crippen molar-refractivity contribution in [2.24, 2.45) is 17.8 Å². The Hall–Kier alpha value is -5.69. The first-order valence-corrected chi connectivity index (χ1v) is 20.3. The van der Waals surface area contributed by atoms with Crippen LogP contribution in [0, 0.1) is 17.8 Å². The molecule has 0 radical (unpaired) electrons. The van der Waals surface area contributed by atoms with Gasteiger partial charge in [-0.25, -0.2) is 19.6 Å². The molecule has 0 bridgehead atoms. The standard InChI is InChI=1S/C45H51N7O6/c1-23(2)37(50-43(54)57-7)42(53)51-21-24(22-56-6)16-35(51)40-46-32-14-10-27-17-25(8-12-30(27)38(32)48-40)26-9-13-31-28(18-26)11-15-33-39(31)49-41(47-33)36-20-29-19-34(29)52(36)44(55)58-45(3,4)5/h8-15,17-18,23-24,29,34-37H,16,19-22H2,1-7H3,(H,46,48)(H,47,49)(H,50,54)/t24-,29+,34+,35-,36-,37-/m0/s1. The van der Waals surface area contributed by atoms with Gasteiger partial charge in [-0.05, 0) is 98.0 Å². The highest BCUT2D eigenvalue weighted by molar-refractivity contribution is 6.07. The largest absolute Gasteiger partial charge is 0.453 e. The van der Waals surface area contributed by atoms with Crippen molar-refractivity contribution < 1.29 is 28.6 Å². The molecule has 2 aliphatic heterocycles. The van der Waals surface area contributed by atoms with Gasteiger partial charge in [0.2, 0.25) is 5.91 Å². The van der Waals surface area contributed by atoms with E-state index in [-0.39, 0.29) is 42.0 Å². The number of fused-ring (bicyclic) bond motifs is 7. The molecular weight excluding hydrogens is 735 g/mol. The minimum absolute atomic E-state index is 0.123. The van der Waals surface area contributed by atoms with Gasteiger partial charge in [0.05, 0.1) is 47.9 Å². The zero-order chi connectivity index (χ0) is 40.6. The number of aromatic nitrogens is 4. The summed E-state index contributed by atoms with van der Waals surface area (Å²) in [6, 6.07) is 20.3. The van der Waals surface area contributed by atoms with Gasteiger partial charge in [0.25, 0.3) is 0 Å². The average molecular weight is 786 g/mol. The third kappa shape index (κ3) is 6.78. The van der Waals surface area contributed by atoms with E-state index >= 15 is 0 Å². The molecule has 1 aliphatic carbocycles. The van der Waals surface area contributed by atoms with E-state index < -0.39 is 17.7 Å². The molecule has 3 aliphatic rings. The molecule has 0 unspecified atom stereocenters. The second-order valence-corrected chi connectivity index (χ2v) is 17.7. The lowest BCUT2D eigenvalue weighted by atomic mass is 9.98. The van der Waals surface area contributed by atoms with Gasteiger partial charge >= 0.3 is 12.2 Å². The van der Waals surface area contributed by atoms with Gasteiger partial charge < -0.3 is 34.4 Å². The average Bonchev–Trinajstić information content (AvgIpc) is 3.63. The highest BCUT2D eigenvalue weighted by Gasteiger charge is 2.56. The number of methoxy groups -OCH3 is 2. The van der Waals surface area contributed by atoms with Crippen LogP contribution in [0.15, 0.2) is 60.7 Å². The second-order valence-electron chi connectivity index (χ2n) is 17.7. The monoisotopic (exact) mass is 785 g/mol. The molecule has 58 heavy (non-hydrogen) atoms. The number of H-pyrrole nitrogens is 2. The first kappa shape index (κ1) is 37.9. The molecule has 1 saturated carbocycles. The first-order chi connectivity index (χ1) is 27.8. The van der Waals surface area contributed by atoms with Crippen LogP contribution in [0.25, 0.3) is 54.7 Å². The van der Waals surface area contributed by atoms with E-state index in [0.717, 1.165) is 73.4 Å². The van der Waals surface area contributed by atoms with Crippen LogP contribution in [0.3, 0.4) is 0 Å². The number of nitrogens with zero attached hydrogens (tertiary/aromatic N) is 4. The molecule has 3 fully saturated rings. The van der Waals surface area contributed by atoms with Crippen molar-refractivity contribution in [1.29, 1.82) is 0 Å². The van der Waals surface area contributed by atoms with Crippen LogP contribution >= 0.6 is 0 Å². The Morgan fingerprint density at radius 1 is 0.828 bits per heavy atom. The Morgan fingerprint density at radius 2 is 1.43 bits per heavy atom. The number of carbonyl (C=O) groups excluding carboxylic acids is 3. The number of ether oxygens (including phenoxy) is 3. The van der Waals surface area contributed by atoms with Crippen molar-refractivity contribution >= 4 is 61.7 Å². The van der Waals surface area contributed by atoms with Gasteiger partial charge in [-0.3, -0.25) is 9.69 Å². The molecular formula is C45H51N7O6. The zero-order valence-electron chi connectivity index (χ0n) is 34.1. The van der Waals surface area contributed by atoms with E-state index in [9.17, 15) is 14.4 Å². The maximum atomic E-state index is 14.0. The third-order valence-corrected chi connectivity index (χ3v) is 12.1. The van der Waals surface area contributed by atoms with Crippen LogP contribution in [-0.2, 0) is 19.0 Å². The maximum Gasteiger partial charge on any atom is 0.411 e. The Balaban J connectivity index is 0.996. The maximum absolute atomic E-state index is 14.0. The molecule has 9 rings (SSSR count). The summed E-state index contributed by atoms with van der Waals surface area (Å²) in [5, 5.41) is 6.94. The van der Waals surface area contributed by atoms with Crippen molar-refractivity contribution in [2.75, 3.05) is 27.4 Å². The highest BCUT2D eigenvalue weighted by atomic mass is 16.6. The van der Waals surface area contributed by atoms with Crippen molar-refractivity contribution in [2.45, 2.75) is 83.6 Å². The molecule has 4 heterocycles. The number of piperidine rings is 1. The fraction of sp³-hybridized carbons (Fsp3) is 0.444. The summed E-state index contributed by atoms with van der Waals surface area (Å²) in [4.78, 5) is 60.5. The second kappa shape index (κ2) is 14.3. The SMILES string of the molecule is COC[C@H]1C[C@@H](c2nc3c(ccc4cc(-c5ccc6c(ccc7[nH]c([C@@H]8C[C@H]9C[C@H]9N8C(=O)OC(C)(C)C)nc76)c5)ccc43)[nH]2)N(C(=O)[C@@H](NC(=O)OC)C(C)C)C1. The first-order valence-electron chi connectivity index (χ1n) is 20.3. The van der Waals surface area contributed by atoms with Gasteiger partial charge in [0, 0.05) is 36.4 Å². The lowest BCUT2D eigenvalue weighted by Crippen LogP contribution is -2.51. The van der Waals surface area contributed by atoms with Crippen LogP contribution in [0.4, 0.5) is 9.59 Å². The number of benzene rings is 4. The Bertz CT molecular complexity index is 2590. The number of hydrogen-bond donors (Lipinski definition) is 3. The van der Waals surface area contributed by atoms with Crippen LogP contribution < -0.4 is 5.32 Å². The van der Waals surface area contributed by atoms with Crippen LogP contribution in [0.5, 0.6) is 0 Å². The minimum atomic E-state index is -0.739. The Kier molecular flexibility index (Phi) is 9.33. The third-order valence-electron chi connectivity index (χ3n) is 12.1. The van der Waals surface area contributed by atoms with E-state index in [0.29, 0.717) is 31.3 Å². The molecule has 0 spiro atoms. The lowest BCUT2D eigenvalue weighted by molar-refractivity contribution is -0.135. The van der Waals surface area contributed by atoms with Crippen molar-refractivity contribution in [3.63, 3.8) is 0 Å². The topological polar surface area (TPSA) is 155 Å². The van der Waals surface area contributed by atoms with Gasteiger partial charge in [-0.1, -0.05) is 50.2 Å². The quantitative estimate of drug-likeness (QED) is 0.139. The van der Waals surface area contributed by atoms with Gasteiger partial charge in [0.1, 0.15) is 23.3 Å². The normalized spacial score (nSPS) is 22.3. The Labute approximate surface area is 336 Å². The summed E-state index contributed by atoms with van der Waals surface area (Å²) < 4.78 is 16.1. The summed E-state index contributed by atoms with van der Waals surface area (Å²) in [6.07, 6.45) is 1.70. The molecule has 2 saturated heterocycles. The number of rotatable bonds is 8. The van der Waals surface area contributed by atoms with Crippen LogP contribution in [-0.4, -0.2) is 92.9 Å². The fourth-order valence-corrected chi connectivity index (χ4v) is 9.25. The minimum Gasteiger partial charge on any atom is -0.453 e. The van der Waals surface area contributed by atoms with Crippen molar-refractivity contribution in [3.8, 4) is 11.1 Å². The fourth-order valence-electron chi connectivity index (χ4n) is 9.25.